The van der Waals surface area contributed by atoms with Gasteiger partial charge < -0.3 is 45.0 Å². The van der Waals surface area contributed by atoms with Gasteiger partial charge in [0.25, 0.3) is 0 Å². The number of pyridine rings is 1. The molecule has 2 aliphatic rings. The van der Waals surface area contributed by atoms with E-state index in [0.717, 1.165) is 58.6 Å². The molecule has 0 bridgehead atoms. The van der Waals surface area contributed by atoms with Crippen LogP contribution in [0.25, 0.3) is 11.1 Å². The lowest BCUT2D eigenvalue weighted by molar-refractivity contribution is -0.139. The molecule has 2 aromatic carbocycles. The lowest BCUT2D eigenvalue weighted by Gasteiger charge is -2.30. The number of benzene rings is 2. The molecule has 13 heteroatoms. The van der Waals surface area contributed by atoms with Gasteiger partial charge in [0.05, 0.1) is 24.9 Å². The molecule has 0 radical (unpaired) electrons. The van der Waals surface area contributed by atoms with E-state index in [0.29, 0.717) is 49.6 Å². The highest BCUT2D eigenvalue weighted by Crippen LogP contribution is 2.53. The van der Waals surface area contributed by atoms with E-state index >= 15 is 0 Å². The second-order valence-electron chi connectivity index (χ2n) is 13.6. The van der Waals surface area contributed by atoms with Crippen molar-refractivity contribution in [1.82, 2.24) is 9.88 Å². The topological polar surface area (TPSA) is 173 Å². The standard InChI is InChI=1S/C39H51ClN2O9S/c40-32-13-12-28(52-20-6-9-36(47)42(18-4-1-5-19-43)23-33(45)37(48)38(49)34(46)24-44)21-26(32)25-50-39(15-16-39)31-22-41-17-14-29(31)30-7-2-3-8-35(30)51-27-10-11-27/h2-3,7-8,12-14,17,21-22,27,33-34,37-38,43-46,48-49H,1,4-6,9-11,15-16,18-20,23-25H2/t33-,34+,37+,38+/m0/s1. The molecule has 2 saturated carbocycles. The number of aliphatic hydroxyl groups is 6. The molecule has 52 heavy (non-hydrogen) atoms. The molecule has 0 unspecified atom stereocenters. The van der Waals surface area contributed by atoms with Crippen LogP contribution in [0.4, 0.5) is 0 Å². The zero-order valence-corrected chi connectivity index (χ0v) is 30.9. The van der Waals surface area contributed by atoms with Crippen LogP contribution < -0.4 is 4.74 Å². The zero-order valence-electron chi connectivity index (χ0n) is 29.4. The van der Waals surface area contributed by atoms with Crippen LogP contribution in [0, 0.1) is 0 Å². The number of para-hydroxylation sites is 1. The predicted octanol–water partition coefficient (Wildman–Crippen LogP) is 4.45. The Labute approximate surface area is 314 Å². The third-order valence-corrected chi connectivity index (χ3v) is 11.0. The first-order valence-electron chi connectivity index (χ1n) is 18.1. The molecule has 6 N–H and O–H groups in total. The number of hydrogen-bond donors (Lipinski definition) is 6. The van der Waals surface area contributed by atoms with E-state index in [-0.39, 0.29) is 31.6 Å². The minimum atomic E-state index is -1.77. The summed E-state index contributed by atoms with van der Waals surface area (Å²) >= 11 is 8.24. The molecular formula is C39H51ClN2O9S. The van der Waals surface area contributed by atoms with Crippen LogP contribution in [-0.4, -0.2) is 109 Å². The Hall–Kier alpha value is -2.78. The van der Waals surface area contributed by atoms with E-state index in [4.69, 9.17) is 31.3 Å². The quantitative estimate of drug-likeness (QED) is 0.0596. The second-order valence-corrected chi connectivity index (χ2v) is 15.2. The number of carbonyl (C=O) groups is 1. The van der Waals surface area contributed by atoms with Gasteiger partial charge in [-0.2, -0.15) is 0 Å². The minimum absolute atomic E-state index is 0.0355. The average molecular weight is 759 g/mol. The third-order valence-electron chi connectivity index (χ3n) is 9.51. The van der Waals surface area contributed by atoms with Crippen LogP contribution in [0.15, 0.2) is 65.8 Å². The predicted molar refractivity (Wildman–Crippen MR) is 199 cm³/mol. The first kappa shape index (κ1) is 40.4. The fraction of sp³-hybridized carbons (Fsp3) is 0.538. The van der Waals surface area contributed by atoms with Gasteiger partial charge in [-0.3, -0.25) is 9.78 Å². The molecule has 1 heterocycles. The summed E-state index contributed by atoms with van der Waals surface area (Å²) in [5.74, 6) is 1.30. The summed E-state index contributed by atoms with van der Waals surface area (Å²) in [6.07, 6.45) is 3.80. The van der Waals surface area contributed by atoms with Crippen molar-refractivity contribution in [3.8, 4) is 16.9 Å². The summed E-state index contributed by atoms with van der Waals surface area (Å²) in [7, 11) is 0. The number of nitrogens with zero attached hydrogens (tertiary/aromatic N) is 2. The van der Waals surface area contributed by atoms with Crippen molar-refractivity contribution in [2.24, 2.45) is 0 Å². The molecule has 11 nitrogen and oxygen atoms in total. The van der Waals surface area contributed by atoms with E-state index in [2.05, 4.69) is 11.1 Å². The lowest BCUT2D eigenvalue weighted by atomic mass is 9.96. The van der Waals surface area contributed by atoms with Gasteiger partial charge in [-0.25, -0.2) is 0 Å². The first-order chi connectivity index (χ1) is 25.2. The Morgan fingerprint density at radius 2 is 1.73 bits per heavy atom. The Morgan fingerprint density at radius 1 is 0.962 bits per heavy atom. The molecule has 0 spiro atoms. The molecule has 0 aliphatic heterocycles. The van der Waals surface area contributed by atoms with Crippen molar-refractivity contribution in [2.75, 3.05) is 32.1 Å². The van der Waals surface area contributed by atoms with Crippen LogP contribution in [-0.2, 0) is 21.7 Å². The van der Waals surface area contributed by atoms with E-state index in [1.807, 2.05) is 48.7 Å². The molecule has 1 aromatic heterocycles. The smallest absolute Gasteiger partial charge is 0.222 e. The summed E-state index contributed by atoms with van der Waals surface area (Å²) in [6.45, 7) is -0.368. The van der Waals surface area contributed by atoms with Gasteiger partial charge in [-0.05, 0) is 98.6 Å². The summed E-state index contributed by atoms with van der Waals surface area (Å²) in [4.78, 5) is 20.1. The third kappa shape index (κ3) is 11.1. The highest BCUT2D eigenvalue weighted by Gasteiger charge is 2.48. The maximum absolute atomic E-state index is 13.2. The number of aliphatic hydroxyl groups excluding tert-OH is 6. The molecule has 2 aliphatic carbocycles. The van der Waals surface area contributed by atoms with E-state index in [9.17, 15) is 25.2 Å². The van der Waals surface area contributed by atoms with E-state index < -0.39 is 36.6 Å². The number of ether oxygens (including phenoxy) is 2. The number of carbonyl (C=O) groups excluding carboxylic acids is 1. The maximum atomic E-state index is 13.2. The van der Waals surface area contributed by atoms with Crippen molar-refractivity contribution in [3.63, 3.8) is 0 Å². The number of thioether (sulfide) groups is 1. The van der Waals surface area contributed by atoms with Gasteiger partial charge in [0.2, 0.25) is 5.91 Å². The van der Waals surface area contributed by atoms with Crippen molar-refractivity contribution in [2.45, 2.75) is 105 Å². The highest BCUT2D eigenvalue weighted by atomic mass is 35.5. The minimum Gasteiger partial charge on any atom is -0.490 e. The Bertz CT molecular complexity index is 1590. The van der Waals surface area contributed by atoms with Crippen LogP contribution in [0.1, 0.15) is 68.9 Å². The number of amides is 1. The van der Waals surface area contributed by atoms with Gasteiger partial charge in [0.1, 0.15) is 30.2 Å². The summed E-state index contributed by atoms with van der Waals surface area (Å²) < 4.78 is 12.9. The normalized spacial score (nSPS) is 17.3. The molecular weight excluding hydrogens is 708 g/mol. The molecule has 284 valence electrons. The van der Waals surface area contributed by atoms with Crippen LogP contribution in [0.3, 0.4) is 0 Å². The van der Waals surface area contributed by atoms with E-state index in [1.165, 1.54) is 4.90 Å². The summed E-state index contributed by atoms with van der Waals surface area (Å²) in [6, 6.07) is 16.0. The Kier molecular flexibility index (Phi) is 15.2. The van der Waals surface area contributed by atoms with Crippen molar-refractivity contribution < 1.29 is 44.9 Å². The zero-order chi connectivity index (χ0) is 37.1. The number of aromatic nitrogens is 1. The molecule has 0 saturated heterocycles. The van der Waals surface area contributed by atoms with Gasteiger partial charge in [-0.15, -0.1) is 11.8 Å². The van der Waals surface area contributed by atoms with E-state index in [1.54, 1.807) is 18.0 Å². The van der Waals surface area contributed by atoms with Gasteiger partial charge in [0.15, 0.2) is 0 Å². The van der Waals surface area contributed by atoms with Crippen molar-refractivity contribution in [3.05, 3.63) is 77.1 Å². The molecule has 2 fully saturated rings. The average Bonchev–Trinajstić information content (AvgIpc) is 4.11. The number of halogens is 1. The largest absolute Gasteiger partial charge is 0.490 e. The highest BCUT2D eigenvalue weighted by molar-refractivity contribution is 7.99. The Balaban J connectivity index is 1.16. The molecule has 3 aromatic rings. The fourth-order valence-electron chi connectivity index (χ4n) is 6.10. The van der Waals surface area contributed by atoms with Crippen molar-refractivity contribution in [1.29, 1.82) is 0 Å². The maximum Gasteiger partial charge on any atom is 0.222 e. The SMILES string of the molecule is O=C(CCCSc1ccc(Cl)c(COC2(c3cnccc3-c3ccccc3OC3CC3)CC2)c1)N(CCCCCO)C[C@H](O)[C@@H](O)[C@H](O)[C@H](O)CO. The second kappa shape index (κ2) is 19.5. The number of rotatable bonds is 23. The van der Waals surface area contributed by atoms with Gasteiger partial charge in [0, 0.05) is 59.6 Å². The van der Waals surface area contributed by atoms with Crippen LogP contribution in [0.5, 0.6) is 5.75 Å². The van der Waals surface area contributed by atoms with Crippen LogP contribution in [0.2, 0.25) is 5.02 Å². The number of unbranched alkanes of at least 4 members (excludes halogenated alkanes) is 2. The summed E-state index contributed by atoms with van der Waals surface area (Å²) in [5, 5.41) is 59.3. The molecule has 4 atom stereocenters. The Morgan fingerprint density at radius 3 is 2.46 bits per heavy atom. The van der Waals surface area contributed by atoms with Crippen molar-refractivity contribution >= 4 is 29.3 Å². The fourth-order valence-corrected chi connectivity index (χ4v) is 7.19. The monoisotopic (exact) mass is 758 g/mol. The summed E-state index contributed by atoms with van der Waals surface area (Å²) in [5.41, 5.74) is 3.53. The lowest BCUT2D eigenvalue weighted by Crippen LogP contribution is -2.50. The molecule has 1 amide bonds. The van der Waals surface area contributed by atoms with Gasteiger partial charge in [-0.1, -0.05) is 29.8 Å². The molecule has 5 rings (SSSR count). The number of hydrogen-bond acceptors (Lipinski definition) is 11. The first-order valence-corrected chi connectivity index (χ1v) is 19.5. The van der Waals surface area contributed by atoms with Crippen LogP contribution >= 0.6 is 23.4 Å². The van der Waals surface area contributed by atoms with Gasteiger partial charge >= 0.3 is 0 Å².